The predicted molar refractivity (Wildman–Crippen MR) is 66.1 cm³/mol. The number of nitrogens with zero attached hydrogens (tertiary/aromatic N) is 2. The van der Waals surface area contributed by atoms with Crippen LogP contribution in [0.1, 0.15) is 6.42 Å². The van der Waals surface area contributed by atoms with Crippen molar-refractivity contribution < 1.29 is 0 Å². The lowest BCUT2D eigenvalue weighted by molar-refractivity contribution is 0.264. The molecule has 0 aliphatic carbocycles. The standard InChI is InChI=1S/C11H17N3S/c1-13-5-6-14-9(8-13)2-4-12-11-10(14)3-7-15-11/h3,7,9,12H,2,4-6,8H2,1H3. The molecule has 1 fully saturated rings. The molecule has 2 aliphatic heterocycles. The van der Waals surface area contributed by atoms with Crippen molar-refractivity contribution in [3.8, 4) is 0 Å². The molecule has 2 aliphatic rings. The Bertz CT molecular complexity index is 349. The van der Waals surface area contributed by atoms with Crippen molar-refractivity contribution in [1.82, 2.24) is 4.90 Å². The van der Waals surface area contributed by atoms with Gasteiger partial charge in [0.1, 0.15) is 5.00 Å². The Morgan fingerprint density at radius 1 is 1.47 bits per heavy atom. The van der Waals surface area contributed by atoms with E-state index in [2.05, 4.69) is 33.6 Å². The molecule has 1 saturated heterocycles. The van der Waals surface area contributed by atoms with Crippen molar-refractivity contribution >= 4 is 22.0 Å². The second kappa shape index (κ2) is 3.68. The van der Waals surface area contributed by atoms with Gasteiger partial charge in [-0.15, -0.1) is 11.3 Å². The summed E-state index contributed by atoms with van der Waals surface area (Å²) >= 11 is 1.83. The fraction of sp³-hybridized carbons (Fsp3) is 0.636. The van der Waals surface area contributed by atoms with Crippen LogP contribution in [0.5, 0.6) is 0 Å². The summed E-state index contributed by atoms with van der Waals surface area (Å²) in [6, 6.07) is 2.96. The maximum Gasteiger partial charge on any atom is 0.112 e. The van der Waals surface area contributed by atoms with Crippen LogP contribution in [0.2, 0.25) is 0 Å². The van der Waals surface area contributed by atoms with E-state index in [1.54, 1.807) is 0 Å². The molecule has 0 radical (unpaired) electrons. The zero-order valence-corrected chi connectivity index (χ0v) is 9.89. The molecule has 1 aromatic heterocycles. The number of anilines is 2. The topological polar surface area (TPSA) is 18.5 Å². The summed E-state index contributed by atoms with van der Waals surface area (Å²) < 4.78 is 0. The second-order valence-electron chi connectivity index (χ2n) is 4.46. The highest BCUT2D eigenvalue weighted by atomic mass is 32.1. The summed E-state index contributed by atoms with van der Waals surface area (Å²) in [5.41, 5.74) is 1.43. The molecule has 1 aromatic rings. The average Bonchev–Trinajstić information content (AvgIpc) is 2.61. The second-order valence-corrected chi connectivity index (χ2v) is 5.38. The zero-order valence-electron chi connectivity index (χ0n) is 9.07. The third-order valence-electron chi connectivity index (χ3n) is 3.40. The number of thiophene rings is 1. The van der Waals surface area contributed by atoms with Crippen LogP contribution in [-0.2, 0) is 0 Å². The molecular formula is C11H17N3S. The molecule has 0 aromatic carbocycles. The molecule has 4 heteroatoms. The minimum absolute atomic E-state index is 0.701. The number of nitrogens with one attached hydrogen (secondary N) is 1. The molecule has 15 heavy (non-hydrogen) atoms. The number of hydrogen-bond acceptors (Lipinski definition) is 4. The molecule has 1 atom stereocenters. The van der Waals surface area contributed by atoms with Crippen LogP contribution in [0.4, 0.5) is 10.7 Å². The normalized spacial score (nSPS) is 26.5. The van der Waals surface area contributed by atoms with Gasteiger partial charge in [0.05, 0.1) is 5.69 Å². The lowest BCUT2D eigenvalue weighted by atomic mass is 10.1. The third-order valence-corrected chi connectivity index (χ3v) is 4.26. The molecule has 3 nitrogen and oxygen atoms in total. The summed E-state index contributed by atoms with van der Waals surface area (Å²) in [7, 11) is 2.23. The molecule has 0 spiro atoms. The van der Waals surface area contributed by atoms with Crippen molar-refractivity contribution in [1.29, 1.82) is 0 Å². The van der Waals surface area contributed by atoms with Crippen molar-refractivity contribution in [2.24, 2.45) is 0 Å². The first kappa shape index (κ1) is 9.48. The van der Waals surface area contributed by atoms with Crippen LogP contribution in [-0.4, -0.2) is 44.2 Å². The average molecular weight is 223 g/mol. The quantitative estimate of drug-likeness (QED) is 0.722. The first-order valence-electron chi connectivity index (χ1n) is 5.61. The number of likely N-dealkylation sites (N-methyl/N-ethyl adjacent to an activating group) is 1. The van der Waals surface area contributed by atoms with Gasteiger partial charge in [0.2, 0.25) is 0 Å². The Balaban J connectivity index is 1.92. The Hall–Kier alpha value is -0.740. The van der Waals surface area contributed by atoms with E-state index in [4.69, 9.17) is 0 Å². The van der Waals surface area contributed by atoms with Crippen LogP contribution in [0.25, 0.3) is 0 Å². The molecule has 3 heterocycles. The Labute approximate surface area is 94.7 Å². The Morgan fingerprint density at radius 3 is 3.33 bits per heavy atom. The van der Waals surface area contributed by atoms with Crippen LogP contribution < -0.4 is 10.2 Å². The van der Waals surface area contributed by atoms with Gasteiger partial charge in [0, 0.05) is 32.2 Å². The van der Waals surface area contributed by atoms with Crippen LogP contribution >= 0.6 is 11.3 Å². The van der Waals surface area contributed by atoms with Gasteiger partial charge >= 0.3 is 0 Å². The van der Waals surface area contributed by atoms with Gasteiger partial charge in [-0.05, 0) is 24.9 Å². The van der Waals surface area contributed by atoms with Crippen molar-refractivity contribution in [3.05, 3.63) is 11.4 Å². The molecule has 0 bridgehead atoms. The minimum atomic E-state index is 0.701. The van der Waals surface area contributed by atoms with E-state index in [0.717, 1.165) is 6.54 Å². The highest BCUT2D eigenvalue weighted by Crippen LogP contribution is 2.36. The number of rotatable bonds is 0. The van der Waals surface area contributed by atoms with Gasteiger partial charge < -0.3 is 15.1 Å². The lowest BCUT2D eigenvalue weighted by Gasteiger charge is -2.40. The number of piperazine rings is 1. The van der Waals surface area contributed by atoms with Crippen LogP contribution in [0.15, 0.2) is 11.4 Å². The van der Waals surface area contributed by atoms with E-state index in [1.165, 1.54) is 36.7 Å². The van der Waals surface area contributed by atoms with Crippen molar-refractivity contribution in [3.63, 3.8) is 0 Å². The molecule has 3 rings (SSSR count). The molecular weight excluding hydrogens is 206 g/mol. The number of hydrogen-bond donors (Lipinski definition) is 1. The van der Waals surface area contributed by atoms with Crippen LogP contribution in [0, 0.1) is 0 Å². The SMILES string of the molecule is CN1CCN2c3ccsc3NCCC2C1. The number of fused-ring (bicyclic) bond motifs is 3. The Kier molecular flexibility index (Phi) is 2.33. The summed E-state index contributed by atoms with van der Waals surface area (Å²) in [4.78, 5) is 5.03. The molecule has 1 N–H and O–H groups in total. The summed E-state index contributed by atoms with van der Waals surface area (Å²) in [6.07, 6.45) is 1.26. The van der Waals surface area contributed by atoms with E-state index in [1.807, 2.05) is 11.3 Å². The van der Waals surface area contributed by atoms with E-state index in [-0.39, 0.29) is 0 Å². The van der Waals surface area contributed by atoms with E-state index >= 15 is 0 Å². The highest BCUT2D eigenvalue weighted by Gasteiger charge is 2.29. The maximum atomic E-state index is 3.53. The summed E-state index contributed by atoms with van der Waals surface area (Å²) in [5, 5.41) is 7.09. The van der Waals surface area contributed by atoms with E-state index in [0.29, 0.717) is 6.04 Å². The van der Waals surface area contributed by atoms with E-state index in [9.17, 15) is 0 Å². The maximum absolute atomic E-state index is 3.53. The highest BCUT2D eigenvalue weighted by molar-refractivity contribution is 7.14. The fourth-order valence-electron chi connectivity index (χ4n) is 2.59. The minimum Gasteiger partial charge on any atom is -0.375 e. The predicted octanol–water partition coefficient (Wildman–Crippen LogP) is 1.68. The van der Waals surface area contributed by atoms with E-state index < -0.39 is 0 Å². The van der Waals surface area contributed by atoms with Crippen molar-refractivity contribution in [2.45, 2.75) is 12.5 Å². The molecule has 1 unspecified atom stereocenters. The lowest BCUT2D eigenvalue weighted by Crippen LogP contribution is -2.51. The van der Waals surface area contributed by atoms with Gasteiger partial charge in [-0.3, -0.25) is 0 Å². The molecule has 0 saturated carbocycles. The van der Waals surface area contributed by atoms with Gasteiger partial charge in [0.25, 0.3) is 0 Å². The summed E-state index contributed by atoms with van der Waals surface area (Å²) in [6.45, 7) is 4.68. The first-order chi connectivity index (χ1) is 7.34. The third kappa shape index (κ3) is 1.62. The van der Waals surface area contributed by atoms with Gasteiger partial charge in [-0.25, -0.2) is 0 Å². The zero-order chi connectivity index (χ0) is 10.3. The smallest absolute Gasteiger partial charge is 0.112 e. The molecule has 0 amide bonds. The fourth-order valence-corrected chi connectivity index (χ4v) is 3.41. The first-order valence-corrected chi connectivity index (χ1v) is 6.49. The summed E-state index contributed by atoms with van der Waals surface area (Å²) in [5.74, 6) is 0. The van der Waals surface area contributed by atoms with Gasteiger partial charge in [0.15, 0.2) is 0 Å². The monoisotopic (exact) mass is 223 g/mol. The van der Waals surface area contributed by atoms with Crippen molar-refractivity contribution in [2.75, 3.05) is 43.4 Å². The molecule has 82 valence electrons. The van der Waals surface area contributed by atoms with Gasteiger partial charge in [-0.1, -0.05) is 0 Å². The Morgan fingerprint density at radius 2 is 2.40 bits per heavy atom. The van der Waals surface area contributed by atoms with Gasteiger partial charge in [-0.2, -0.15) is 0 Å². The van der Waals surface area contributed by atoms with Crippen LogP contribution in [0.3, 0.4) is 0 Å². The largest absolute Gasteiger partial charge is 0.375 e.